The number of hydrogen-bond donors (Lipinski definition) is 2. The van der Waals surface area contributed by atoms with Crippen LogP contribution in [0.25, 0.3) is 10.9 Å². The molecule has 0 radical (unpaired) electrons. The van der Waals surface area contributed by atoms with Gasteiger partial charge in [0.05, 0.1) is 0 Å². The van der Waals surface area contributed by atoms with Crippen LogP contribution in [0.1, 0.15) is 16.7 Å². The molecule has 0 spiro atoms. The average molecular weight is 251 g/mol. The molecular formula is C16H17N3. The third-order valence-electron chi connectivity index (χ3n) is 3.41. The number of H-pyrrole nitrogens is 1. The highest BCUT2D eigenvalue weighted by Gasteiger charge is 1.99. The van der Waals surface area contributed by atoms with Crippen LogP contribution in [0.15, 0.2) is 48.9 Å². The van der Waals surface area contributed by atoms with Gasteiger partial charge in [-0.05, 0) is 53.3 Å². The summed E-state index contributed by atoms with van der Waals surface area (Å²) in [7, 11) is 0. The molecule has 3 heteroatoms. The first-order valence-electron chi connectivity index (χ1n) is 6.49. The summed E-state index contributed by atoms with van der Waals surface area (Å²) in [6.07, 6.45) is 5.73. The van der Waals surface area contributed by atoms with E-state index in [1.165, 1.54) is 27.6 Å². The Morgan fingerprint density at radius 3 is 3.00 bits per heavy atom. The number of rotatable bonds is 4. The first kappa shape index (κ1) is 11.9. The number of fused-ring (bicyclic) bond motifs is 1. The molecule has 3 nitrogen and oxygen atoms in total. The van der Waals surface area contributed by atoms with E-state index < -0.39 is 0 Å². The SMILES string of the molecule is Cc1ccncc1CNCc1ccc2[nH]ccc2c1. The number of hydrogen-bond acceptors (Lipinski definition) is 2. The fourth-order valence-electron chi connectivity index (χ4n) is 2.24. The molecule has 2 heterocycles. The molecular weight excluding hydrogens is 234 g/mol. The van der Waals surface area contributed by atoms with Gasteiger partial charge in [-0.25, -0.2) is 0 Å². The average Bonchev–Trinajstić information content (AvgIpc) is 2.88. The Bertz CT molecular complexity index is 685. The van der Waals surface area contributed by atoms with Crippen LogP contribution in [0.2, 0.25) is 0 Å². The molecule has 0 saturated heterocycles. The zero-order valence-corrected chi connectivity index (χ0v) is 11.0. The Morgan fingerprint density at radius 2 is 2.11 bits per heavy atom. The fourth-order valence-corrected chi connectivity index (χ4v) is 2.24. The van der Waals surface area contributed by atoms with Gasteiger partial charge in [0.25, 0.3) is 0 Å². The highest BCUT2D eigenvalue weighted by Crippen LogP contribution is 2.14. The number of nitrogens with one attached hydrogen (secondary N) is 2. The van der Waals surface area contributed by atoms with Gasteiger partial charge in [-0.1, -0.05) is 6.07 Å². The topological polar surface area (TPSA) is 40.7 Å². The molecule has 2 N–H and O–H groups in total. The number of aromatic nitrogens is 2. The van der Waals surface area contributed by atoms with E-state index in [-0.39, 0.29) is 0 Å². The van der Waals surface area contributed by atoms with Gasteiger partial charge >= 0.3 is 0 Å². The van der Waals surface area contributed by atoms with Crippen LogP contribution in [-0.4, -0.2) is 9.97 Å². The second-order valence-electron chi connectivity index (χ2n) is 4.80. The van der Waals surface area contributed by atoms with E-state index in [0.717, 1.165) is 13.1 Å². The Labute approximate surface area is 112 Å². The van der Waals surface area contributed by atoms with Crippen LogP contribution in [0.5, 0.6) is 0 Å². The highest BCUT2D eigenvalue weighted by molar-refractivity contribution is 5.79. The zero-order chi connectivity index (χ0) is 13.1. The molecule has 3 rings (SSSR count). The summed E-state index contributed by atoms with van der Waals surface area (Å²) in [5.41, 5.74) is 5.02. The molecule has 96 valence electrons. The Balaban J connectivity index is 1.64. The molecule has 2 aromatic heterocycles. The minimum absolute atomic E-state index is 0.852. The first-order valence-corrected chi connectivity index (χ1v) is 6.49. The molecule has 0 aliphatic carbocycles. The molecule has 0 unspecified atom stereocenters. The van der Waals surface area contributed by atoms with Gasteiger partial charge in [0.2, 0.25) is 0 Å². The second kappa shape index (κ2) is 5.24. The van der Waals surface area contributed by atoms with Crippen molar-refractivity contribution in [3.63, 3.8) is 0 Å². The maximum absolute atomic E-state index is 4.16. The van der Waals surface area contributed by atoms with Crippen molar-refractivity contribution in [2.24, 2.45) is 0 Å². The smallest absolute Gasteiger partial charge is 0.0454 e. The monoisotopic (exact) mass is 251 g/mol. The van der Waals surface area contributed by atoms with Gasteiger partial charge in [-0.15, -0.1) is 0 Å². The van der Waals surface area contributed by atoms with Gasteiger partial charge in [0, 0.05) is 37.2 Å². The summed E-state index contributed by atoms with van der Waals surface area (Å²) < 4.78 is 0. The van der Waals surface area contributed by atoms with Gasteiger partial charge in [0.1, 0.15) is 0 Å². The summed E-state index contributed by atoms with van der Waals surface area (Å²) in [6, 6.07) is 10.6. The van der Waals surface area contributed by atoms with E-state index in [9.17, 15) is 0 Å². The van der Waals surface area contributed by atoms with Crippen molar-refractivity contribution in [2.75, 3.05) is 0 Å². The molecule has 1 aromatic carbocycles. The minimum Gasteiger partial charge on any atom is -0.361 e. The van der Waals surface area contributed by atoms with Crippen LogP contribution >= 0.6 is 0 Å². The van der Waals surface area contributed by atoms with Gasteiger partial charge in [0.15, 0.2) is 0 Å². The molecule has 0 fully saturated rings. The Morgan fingerprint density at radius 1 is 1.16 bits per heavy atom. The van der Waals surface area contributed by atoms with Crippen molar-refractivity contribution in [3.05, 3.63) is 65.6 Å². The lowest BCUT2D eigenvalue weighted by atomic mass is 10.1. The van der Waals surface area contributed by atoms with Crippen molar-refractivity contribution in [1.29, 1.82) is 0 Å². The highest BCUT2D eigenvalue weighted by atomic mass is 14.9. The van der Waals surface area contributed by atoms with E-state index in [1.807, 2.05) is 24.7 Å². The molecule has 0 amide bonds. The predicted molar refractivity (Wildman–Crippen MR) is 77.8 cm³/mol. The summed E-state index contributed by atoms with van der Waals surface area (Å²) in [5, 5.41) is 4.73. The maximum atomic E-state index is 4.16. The zero-order valence-electron chi connectivity index (χ0n) is 11.0. The van der Waals surface area contributed by atoms with Crippen LogP contribution in [0.4, 0.5) is 0 Å². The molecule has 0 bridgehead atoms. The number of nitrogens with zero attached hydrogens (tertiary/aromatic N) is 1. The van der Waals surface area contributed by atoms with Crippen molar-refractivity contribution in [3.8, 4) is 0 Å². The van der Waals surface area contributed by atoms with E-state index in [2.05, 4.69) is 46.5 Å². The van der Waals surface area contributed by atoms with Gasteiger partial charge in [-0.3, -0.25) is 4.98 Å². The summed E-state index contributed by atoms with van der Waals surface area (Å²) in [5.74, 6) is 0. The Kier molecular flexibility index (Phi) is 3.29. The second-order valence-corrected chi connectivity index (χ2v) is 4.80. The lowest BCUT2D eigenvalue weighted by molar-refractivity contribution is 0.689. The lowest BCUT2D eigenvalue weighted by Gasteiger charge is -2.07. The van der Waals surface area contributed by atoms with E-state index in [0.29, 0.717) is 0 Å². The van der Waals surface area contributed by atoms with Crippen LogP contribution < -0.4 is 5.32 Å². The lowest BCUT2D eigenvalue weighted by Crippen LogP contribution is -2.13. The third kappa shape index (κ3) is 2.66. The number of pyridine rings is 1. The van der Waals surface area contributed by atoms with Crippen molar-refractivity contribution in [1.82, 2.24) is 15.3 Å². The number of aryl methyl sites for hydroxylation is 1. The van der Waals surface area contributed by atoms with E-state index >= 15 is 0 Å². The van der Waals surface area contributed by atoms with Crippen LogP contribution in [0, 0.1) is 6.92 Å². The summed E-state index contributed by atoms with van der Waals surface area (Å²) in [6.45, 7) is 3.84. The first-order chi connectivity index (χ1) is 9.33. The molecule has 0 aliphatic heterocycles. The molecule has 19 heavy (non-hydrogen) atoms. The Hall–Kier alpha value is -2.13. The largest absolute Gasteiger partial charge is 0.361 e. The molecule has 0 atom stereocenters. The van der Waals surface area contributed by atoms with Crippen molar-refractivity contribution < 1.29 is 0 Å². The third-order valence-corrected chi connectivity index (χ3v) is 3.41. The fraction of sp³-hybridized carbons (Fsp3) is 0.188. The minimum atomic E-state index is 0.852. The van der Waals surface area contributed by atoms with Crippen LogP contribution in [-0.2, 0) is 13.1 Å². The standard InChI is InChI=1S/C16H17N3/c1-12-4-6-17-10-15(12)11-18-9-13-2-3-16-14(8-13)5-7-19-16/h2-8,10,18-19H,9,11H2,1H3. The molecule has 3 aromatic rings. The molecule has 0 aliphatic rings. The number of aromatic amines is 1. The quantitative estimate of drug-likeness (QED) is 0.747. The molecule has 0 saturated carbocycles. The normalized spacial score (nSPS) is 11.0. The van der Waals surface area contributed by atoms with Crippen molar-refractivity contribution in [2.45, 2.75) is 20.0 Å². The van der Waals surface area contributed by atoms with Crippen LogP contribution in [0.3, 0.4) is 0 Å². The van der Waals surface area contributed by atoms with Gasteiger partial charge < -0.3 is 10.3 Å². The summed E-state index contributed by atoms with van der Waals surface area (Å²) >= 11 is 0. The maximum Gasteiger partial charge on any atom is 0.0454 e. The number of benzene rings is 1. The summed E-state index contributed by atoms with van der Waals surface area (Å²) in [4.78, 5) is 7.37. The van der Waals surface area contributed by atoms with Crippen molar-refractivity contribution >= 4 is 10.9 Å². The predicted octanol–water partition coefficient (Wildman–Crippen LogP) is 3.16. The van der Waals surface area contributed by atoms with Gasteiger partial charge in [-0.2, -0.15) is 0 Å². The van der Waals surface area contributed by atoms with E-state index in [1.54, 1.807) is 0 Å². The van der Waals surface area contributed by atoms with E-state index in [4.69, 9.17) is 0 Å².